The van der Waals surface area contributed by atoms with Gasteiger partial charge in [-0.3, -0.25) is 15.8 Å². The summed E-state index contributed by atoms with van der Waals surface area (Å²) in [6, 6.07) is 5.43. The predicted octanol–water partition coefficient (Wildman–Crippen LogP) is 1.36. The summed E-state index contributed by atoms with van der Waals surface area (Å²) < 4.78 is 0. The van der Waals surface area contributed by atoms with Gasteiger partial charge in [0.25, 0.3) is 0 Å². The van der Waals surface area contributed by atoms with Gasteiger partial charge >= 0.3 is 0 Å². The second kappa shape index (κ2) is 2.25. The molecule has 0 saturated heterocycles. The highest BCUT2D eigenvalue weighted by molar-refractivity contribution is 5.81. The molecule has 0 saturated carbocycles. The van der Waals surface area contributed by atoms with Gasteiger partial charge in [0.1, 0.15) is 0 Å². The van der Waals surface area contributed by atoms with E-state index in [0.29, 0.717) is 5.69 Å². The Morgan fingerprint density at radius 1 is 1.45 bits per heavy atom. The molecule has 3 N–H and O–H groups in total. The Labute approximate surface area is 62.8 Å². The minimum atomic E-state index is 0.654. The lowest BCUT2D eigenvalue weighted by atomic mass is 10.2. The van der Waals surface area contributed by atoms with E-state index in [2.05, 4.69) is 15.7 Å². The lowest BCUT2D eigenvalue weighted by Gasteiger charge is -1.95. The average molecular weight is 149 g/mol. The fourth-order valence-corrected chi connectivity index (χ4v) is 1.01. The van der Waals surface area contributed by atoms with Crippen molar-refractivity contribution >= 4 is 16.6 Å². The first-order chi connectivity index (χ1) is 5.40. The highest BCUT2D eigenvalue weighted by Crippen LogP contribution is 2.15. The summed E-state index contributed by atoms with van der Waals surface area (Å²) in [4.78, 5) is 0. The van der Waals surface area contributed by atoms with Gasteiger partial charge in [-0.05, 0) is 18.2 Å². The second-order valence-electron chi connectivity index (χ2n) is 2.28. The van der Waals surface area contributed by atoms with Crippen LogP contribution in [0, 0.1) is 0 Å². The van der Waals surface area contributed by atoms with Crippen LogP contribution >= 0.6 is 0 Å². The first-order valence-electron chi connectivity index (χ1n) is 3.23. The molecule has 0 aliphatic rings. The molecule has 0 aliphatic carbocycles. The Balaban J connectivity index is 2.67. The smallest absolute Gasteiger partial charge is 0.0671 e. The third-order valence-electron chi connectivity index (χ3n) is 1.57. The van der Waals surface area contributed by atoms with Crippen LogP contribution in [-0.4, -0.2) is 15.4 Å². The molecule has 4 heteroatoms. The number of nitrogens with zero attached hydrogens (tertiary/aromatic N) is 1. The molecular weight excluding hydrogens is 142 g/mol. The van der Waals surface area contributed by atoms with Gasteiger partial charge in [-0.1, -0.05) is 0 Å². The van der Waals surface area contributed by atoms with Crippen LogP contribution < -0.4 is 5.48 Å². The number of anilines is 1. The summed E-state index contributed by atoms with van der Waals surface area (Å²) in [6.07, 6.45) is 1.73. The molecule has 4 nitrogen and oxygen atoms in total. The van der Waals surface area contributed by atoms with Crippen molar-refractivity contribution in [2.45, 2.75) is 0 Å². The van der Waals surface area contributed by atoms with Crippen molar-refractivity contribution < 1.29 is 5.21 Å². The van der Waals surface area contributed by atoms with Gasteiger partial charge in [-0.15, -0.1) is 0 Å². The third kappa shape index (κ3) is 0.929. The minimum absolute atomic E-state index is 0.654. The lowest BCUT2D eigenvalue weighted by Crippen LogP contribution is -1.87. The van der Waals surface area contributed by atoms with E-state index in [1.807, 2.05) is 6.07 Å². The molecule has 56 valence electrons. The number of aromatic amines is 1. The molecule has 1 heterocycles. The predicted molar refractivity (Wildman–Crippen MR) is 41.5 cm³/mol. The lowest BCUT2D eigenvalue weighted by molar-refractivity contribution is 0.389. The number of rotatable bonds is 1. The van der Waals surface area contributed by atoms with Gasteiger partial charge in [-0.25, -0.2) is 0 Å². The zero-order chi connectivity index (χ0) is 7.68. The number of H-pyrrole nitrogens is 1. The van der Waals surface area contributed by atoms with Crippen LogP contribution in [-0.2, 0) is 0 Å². The highest BCUT2D eigenvalue weighted by Gasteiger charge is 1.95. The Morgan fingerprint density at radius 2 is 2.36 bits per heavy atom. The molecule has 0 aliphatic heterocycles. The molecule has 0 unspecified atom stereocenters. The Hall–Kier alpha value is -1.55. The summed E-state index contributed by atoms with van der Waals surface area (Å²) in [5, 5.41) is 16.2. The first kappa shape index (κ1) is 6.18. The van der Waals surface area contributed by atoms with E-state index < -0.39 is 0 Å². The van der Waals surface area contributed by atoms with Gasteiger partial charge in [0.2, 0.25) is 0 Å². The van der Waals surface area contributed by atoms with Crippen LogP contribution in [0.15, 0.2) is 24.4 Å². The van der Waals surface area contributed by atoms with E-state index in [1.165, 1.54) is 0 Å². The summed E-state index contributed by atoms with van der Waals surface area (Å²) in [5.74, 6) is 0. The quantitative estimate of drug-likeness (QED) is 0.536. The summed E-state index contributed by atoms with van der Waals surface area (Å²) >= 11 is 0. The second-order valence-corrected chi connectivity index (χ2v) is 2.28. The monoisotopic (exact) mass is 149 g/mol. The maximum Gasteiger partial charge on any atom is 0.0671 e. The van der Waals surface area contributed by atoms with Crippen LogP contribution in [0.5, 0.6) is 0 Å². The van der Waals surface area contributed by atoms with E-state index in [9.17, 15) is 0 Å². The molecule has 2 aromatic rings. The zero-order valence-corrected chi connectivity index (χ0v) is 5.70. The third-order valence-corrected chi connectivity index (χ3v) is 1.57. The topological polar surface area (TPSA) is 60.9 Å². The number of fused-ring (bicyclic) bond motifs is 1. The SMILES string of the molecule is ONc1ccc2cn[nH]c2c1. The number of hydrogen-bond donors (Lipinski definition) is 3. The number of hydrogen-bond acceptors (Lipinski definition) is 3. The highest BCUT2D eigenvalue weighted by atomic mass is 16.5. The van der Waals surface area contributed by atoms with Crippen molar-refractivity contribution in [3.8, 4) is 0 Å². The normalized spacial score (nSPS) is 10.3. The first-order valence-corrected chi connectivity index (χ1v) is 3.23. The van der Waals surface area contributed by atoms with Crippen LogP contribution in [0.2, 0.25) is 0 Å². The van der Waals surface area contributed by atoms with Gasteiger partial charge < -0.3 is 0 Å². The van der Waals surface area contributed by atoms with Gasteiger partial charge in [-0.2, -0.15) is 5.10 Å². The van der Waals surface area contributed by atoms with Crippen molar-refractivity contribution in [2.75, 3.05) is 5.48 Å². The van der Waals surface area contributed by atoms with Crippen molar-refractivity contribution in [3.63, 3.8) is 0 Å². The maximum atomic E-state index is 8.55. The molecule has 11 heavy (non-hydrogen) atoms. The van der Waals surface area contributed by atoms with Crippen LogP contribution in [0.4, 0.5) is 5.69 Å². The molecule has 1 aromatic heterocycles. The Bertz CT molecular complexity index is 368. The maximum absolute atomic E-state index is 8.55. The average Bonchev–Trinajstić information content (AvgIpc) is 2.50. The summed E-state index contributed by atoms with van der Waals surface area (Å²) in [7, 11) is 0. The molecular formula is C7H7N3O. The standard InChI is InChI=1S/C7H7N3O/c11-10-6-2-1-5-4-8-9-7(5)3-6/h1-4,10-11H,(H,8,9). The Kier molecular flexibility index (Phi) is 1.26. The fourth-order valence-electron chi connectivity index (χ4n) is 1.01. The molecule has 0 amide bonds. The van der Waals surface area contributed by atoms with Crippen molar-refractivity contribution in [2.24, 2.45) is 0 Å². The largest absolute Gasteiger partial charge is 0.291 e. The van der Waals surface area contributed by atoms with Crippen LogP contribution in [0.1, 0.15) is 0 Å². The van der Waals surface area contributed by atoms with E-state index >= 15 is 0 Å². The van der Waals surface area contributed by atoms with Crippen molar-refractivity contribution in [1.29, 1.82) is 0 Å². The Morgan fingerprint density at radius 3 is 3.18 bits per heavy atom. The van der Waals surface area contributed by atoms with E-state index in [-0.39, 0.29) is 0 Å². The number of benzene rings is 1. The van der Waals surface area contributed by atoms with Crippen molar-refractivity contribution in [3.05, 3.63) is 24.4 Å². The number of aromatic nitrogens is 2. The van der Waals surface area contributed by atoms with Crippen molar-refractivity contribution in [1.82, 2.24) is 10.2 Å². The molecule has 0 spiro atoms. The van der Waals surface area contributed by atoms with E-state index in [1.54, 1.807) is 18.3 Å². The molecule has 0 bridgehead atoms. The van der Waals surface area contributed by atoms with Crippen LogP contribution in [0.3, 0.4) is 0 Å². The van der Waals surface area contributed by atoms with Gasteiger partial charge in [0.15, 0.2) is 0 Å². The minimum Gasteiger partial charge on any atom is -0.291 e. The van der Waals surface area contributed by atoms with Crippen LogP contribution in [0.25, 0.3) is 10.9 Å². The van der Waals surface area contributed by atoms with Gasteiger partial charge in [0, 0.05) is 5.39 Å². The molecule has 0 atom stereocenters. The number of nitrogens with one attached hydrogen (secondary N) is 2. The molecule has 1 aromatic carbocycles. The van der Waals surface area contributed by atoms with E-state index in [0.717, 1.165) is 10.9 Å². The molecule has 0 radical (unpaired) electrons. The van der Waals surface area contributed by atoms with Gasteiger partial charge in [0.05, 0.1) is 17.4 Å². The molecule has 0 fully saturated rings. The fraction of sp³-hybridized carbons (Fsp3) is 0. The summed E-state index contributed by atoms with van der Waals surface area (Å²) in [5.41, 5.74) is 3.62. The molecule has 2 rings (SSSR count). The summed E-state index contributed by atoms with van der Waals surface area (Å²) in [6.45, 7) is 0. The van der Waals surface area contributed by atoms with E-state index in [4.69, 9.17) is 5.21 Å². The zero-order valence-electron chi connectivity index (χ0n) is 5.70.